The SMILES string of the molecule is O=C1/C(=C\c2ccc(Br)cc2)SC(=S)N1c1cccc(O)c1. The lowest BCUT2D eigenvalue weighted by atomic mass is 10.2. The van der Waals surface area contributed by atoms with E-state index in [2.05, 4.69) is 15.9 Å². The van der Waals surface area contributed by atoms with Crippen LogP contribution in [-0.4, -0.2) is 15.3 Å². The summed E-state index contributed by atoms with van der Waals surface area (Å²) in [7, 11) is 0. The fourth-order valence-electron chi connectivity index (χ4n) is 2.03. The highest BCUT2D eigenvalue weighted by Crippen LogP contribution is 2.36. The topological polar surface area (TPSA) is 40.5 Å². The van der Waals surface area contributed by atoms with Crippen molar-refractivity contribution in [1.82, 2.24) is 0 Å². The summed E-state index contributed by atoms with van der Waals surface area (Å²) < 4.78 is 1.44. The monoisotopic (exact) mass is 391 g/mol. The Kier molecular flexibility index (Phi) is 4.33. The molecule has 0 atom stereocenters. The van der Waals surface area contributed by atoms with Crippen LogP contribution in [0.4, 0.5) is 5.69 Å². The molecule has 1 aliphatic rings. The van der Waals surface area contributed by atoms with E-state index < -0.39 is 0 Å². The van der Waals surface area contributed by atoms with Crippen molar-refractivity contribution in [2.75, 3.05) is 4.90 Å². The quantitative estimate of drug-likeness (QED) is 0.601. The van der Waals surface area contributed by atoms with Gasteiger partial charge in [0.2, 0.25) is 0 Å². The summed E-state index contributed by atoms with van der Waals surface area (Å²) in [6.45, 7) is 0. The molecule has 2 aromatic carbocycles. The summed E-state index contributed by atoms with van der Waals surface area (Å²) in [5.41, 5.74) is 1.50. The van der Waals surface area contributed by atoms with Gasteiger partial charge in [-0.25, -0.2) is 0 Å². The van der Waals surface area contributed by atoms with Crippen LogP contribution in [0.2, 0.25) is 0 Å². The first-order chi connectivity index (χ1) is 10.5. The van der Waals surface area contributed by atoms with E-state index in [4.69, 9.17) is 12.2 Å². The maximum Gasteiger partial charge on any atom is 0.270 e. The predicted octanol–water partition coefficient (Wildman–Crippen LogP) is 4.56. The minimum atomic E-state index is -0.177. The number of anilines is 1. The number of carbonyl (C=O) groups excluding carboxylic acids is 1. The zero-order valence-corrected chi connectivity index (χ0v) is 14.4. The Balaban J connectivity index is 1.93. The lowest BCUT2D eigenvalue weighted by Crippen LogP contribution is -2.27. The first kappa shape index (κ1) is 15.3. The third-order valence-electron chi connectivity index (χ3n) is 3.05. The maximum absolute atomic E-state index is 12.6. The molecule has 3 rings (SSSR count). The molecule has 0 spiro atoms. The van der Waals surface area contributed by atoms with Gasteiger partial charge in [-0.2, -0.15) is 0 Å². The molecule has 0 saturated carbocycles. The van der Waals surface area contributed by atoms with Gasteiger partial charge in [0.25, 0.3) is 5.91 Å². The van der Waals surface area contributed by atoms with Crippen molar-refractivity contribution < 1.29 is 9.90 Å². The Bertz CT molecular complexity index is 787. The van der Waals surface area contributed by atoms with Crippen molar-refractivity contribution in [3.05, 3.63) is 63.5 Å². The first-order valence-electron chi connectivity index (χ1n) is 6.37. The van der Waals surface area contributed by atoms with Crippen LogP contribution < -0.4 is 4.90 Å². The normalized spacial score (nSPS) is 16.6. The van der Waals surface area contributed by atoms with Crippen LogP contribution in [0.15, 0.2) is 57.9 Å². The molecule has 110 valence electrons. The number of halogens is 1. The number of hydrogen-bond donors (Lipinski definition) is 1. The van der Waals surface area contributed by atoms with Crippen LogP contribution in [-0.2, 0) is 4.79 Å². The van der Waals surface area contributed by atoms with Gasteiger partial charge in [0.05, 0.1) is 10.6 Å². The van der Waals surface area contributed by atoms with Gasteiger partial charge < -0.3 is 5.11 Å². The third-order valence-corrected chi connectivity index (χ3v) is 4.88. The Labute approximate surface area is 145 Å². The summed E-state index contributed by atoms with van der Waals surface area (Å²) in [5, 5.41) is 9.57. The number of rotatable bonds is 2. The van der Waals surface area contributed by atoms with E-state index >= 15 is 0 Å². The van der Waals surface area contributed by atoms with E-state index in [0.29, 0.717) is 14.9 Å². The first-order valence-corrected chi connectivity index (χ1v) is 8.39. The van der Waals surface area contributed by atoms with Gasteiger partial charge in [-0.05, 0) is 35.9 Å². The predicted molar refractivity (Wildman–Crippen MR) is 97.9 cm³/mol. The molecule has 1 amide bonds. The highest BCUT2D eigenvalue weighted by Gasteiger charge is 2.33. The van der Waals surface area contributed by atoms with Crippen LogP contribution in [0.5, 0.6) is 5.75 Å². The molecular weight excluding hydrogens is 382 g/mol. The van der Waals surface area contributed by atoms with E-state index in [0.717, 1.165) is 10.0 Å². The Morgan fingerprint density at radius 3 is 2.59 bits per heavy atom. The van der Waals surface area contributed by atoms with E-state index in [-0.39, 0.29) is 11.7 Å². The van der Waals surface area contributed by atoms with Crippen molar-refractivity contribution in [2.24, 2.45) is 0 Å². The molecule has 0 bridgehead atoms. The molecule has 6 heteroatoms. The van der Waals surface area contributed by atoms with Gasteiger partial charge in [0.15, 0.2) is 4.32 Å². The van der Waals surface area contributed by atoms with Gasteiger partial charge in [-0.15, -0.1) is 0 Å². The summed E-state index contributed by atoms with van der Waals surface area (Å²) in [4.78, 5) is 14.6. The van der Waals surface area contributed by atoms with E-state index in [1.165, 1.54) is 22.7 Å². The van der Waals surface area contributed by atoms with E-state index in [1.807, 2.05) is 30.3 Å². The lowest BCUT2D eigenvalue weighted by molar-refractivity contribution is -0.113. The average molecular weight is 392 g/mol. The number of nitrogens with zero attached hydrogens (tertiary/aromatic N) is 1. The summed E-state index contributed by atoms with van der Waals surface area (Å²) in [5.74, 6) is -0.0769. The number of carbonyl (C=O) groups is 1. The second-order valence-electron chi connectivity index (χ2n) is 4.59. The summed E-state index contributed by atoms with van der Waals surface area (Å²) in [6, 6.07) is 14.2. The fourth-order valence-corrected chi connectivity index (χ4v) is 3.60. The Morgan fingerprint density at radius 1 is 1.18 bits per heavy atom. The van der Waals surface area contributed by atoms with Crippen molar-refractivity contribution in [1.29, 1.82) is 0 Å². The fraction of sp³-hybridized carbons (Fsp3) is 0. The Morgan fingerprint density at radius 2 is 1.91 bits per heavy atom. The van der Waals surface area contributed by atoms with Gasteiger partial charge in [0, 0.05) is 10.5 Å². The lowest BCUT2D eigenvalue weighted by Gasteiger charge is -2.14. The average Bonchev–Trinajstić information content (AvgIpc) is 2.76. The van der Waals surface area contributed by atoms with Crippen LogP contribution in [0.25, 0.3) is 6.08 Å². The molecule has 22 heavy (non-hydrogen) atoms. The van der Waals surface area contributed by atoms with Gasteiger partial charge >= 0.3 is 0 Å². The van der Waals surface area contributed by atoms with Crippen molar-refractivity contribution >= 4 is 61.9 Å². The van der Waals surface area contributed by atoms with Crippen LogP contribution in [0, 0.1) is 0 Å². The van der Waals surface area contributed by atoms with Crippen molar-refractivity contribution in [3.63, 3.8) is 0 Å². The zero-order valence-electron chi connectivity index (χ0n) is 11.2. The number of aromatic hydroxyl groups is 1. The molecule has 1 heterocycles. The Hall–Kier alpha value is -1.63. The second kappa shape index (κ2) is 6.24. The van der Waals surface area contributed by atoms with Gasteiger partial charge in [-0.1, -0.05) is 58.1 Å². The maximum atomic E-state index is 12.6. The molecule has 0 aromatic heterocycles. The van der Waals surface area contributed by atoms with Crippen LogP contribution in [0.3, 0.4) is 0 Å². The highest BCUT2D eigenvalue weighted by molar-refractivity contribution is 9.10. The van der Waals surface area contributed by atoms with Gasteiger partial charge in [-0.3, -0.25) is 9.69 Å². The second-order valence-corrected chi connectivity index (χ2v) is 7.18. The number of thioether (sulfide) groups is 1. The summed E-state index contributed by atoms with van der Waals surface area (Å²) >= 11 is 9.93. The standard InChI is InChI=1S/C16H10BrNO2S2/c17-11-6-4-10(5-7-11)8-14-15(20)18(16(21)22-14)12-2-1-3-13(19)9-12/h1-9,19H/b14-8+. The number of phenols is 1. The largest absolute Gasteiger partial charge is 0.508 e. The molecule has 0 radical (unpaired) electrons. The molecule has 1 N–H and O–H groups in total. The molecule has 0 aliphatic carbocycles. The van der Waals surface area contributed by atoms with Crippen molar-refractivity contribution in [3.8, 4) is 5.75 Å². The molecule has 3 nitrogen and oxygen atoms in total. The number of hydrogen-bond acceptors (Lipinski definition) is 4. The minimum absolute atomic E-state index is 0.100. The van der Waals surface area contributed by atoms with E-state index in [9.17, 15) is 9.90 Å². The molecule has 1 saturated heterocycles. The van der Waals surface area contributed by atoms with Crippen molar-refractivity contribution in [2.45, 2.75) is 0 Å². The third kappa shape index (κ3) is 3.09. The summed E-state index contributed by atoms with van der Waals surface area (Å²) in [6.07, 6.45) is 1.81. The number of phenolic OH excluding ortho intramolecular Hbond substituents is 1. The van der Waals surface area contributed by atoms with Crippen LogP contribution >= 0.6 is 39.9 Å². The molecule has 1 aliphatic heterocycles. The highest BCUT2D eigenvalue weighted by atomic mass is 79.9. The minimum Gasteiger partial charge on any atom is -0.508 e. The molecule has 0 unspecified atom stereocenters. The number of benzene rings is 2. The van der Waals surface area contributed by atoms with Crippen LogP contribution in [0.1, 0.15) is 5.56 Å². The van der Waals surface area contributed by atoms with Gasteiger partial charge in [0.1, 0.15) is 5.75 Å². The number of thiocarbonyl (C=S) groups is 1. The smallest absolute Gasteiger partial charge is 0.270 e. The molecule has 1 fully saturated rings. The van der Waals surface area contributed by atoms with E-state index in [1.54, 1.807) is 18.2 Å². The zero-order chi connectivity index (χ0) is 15.7. The molecule has 2 aromatic rings. The number of amides is 1. The molecular formula is C16H10BrNO2S2.